The van der Waals surface area contributed by atoms with Crippen LogP contribution in [0, 0.1) is 0 Å². The van der Waals surface area contributed by atoms with Crippen LogP contribution in [0.25, 0.3) is 0 Å². The second-order valence-corrected chi connectivity index (χ2v) is 13.6. The lowest BCUT2D eigenvalue weighted by atomic mass is 10.1. The van der Waals surface area contributed by atoms with E-state index in [1.165, 1.54) is 16.0 Å². The molecule has 44 heavy (non-hydrogen) atoms. The zero-order chi connectivity index (χ0) is 31.3. The van der Waals surface area contributed by atoms with Gasteiger partial charge >= 0.3 is 0 Å². The number of aliphatic hydroxyl groups is 1. The van der Waals surface area contributed by atoms with Gasteiger partial charge in [0.2, 0.25) is 0 Å². The number of ether oxygens (including phenoxy) is 2. The Bertz CT molecular complexity index is 1550. The van der Waals surface area contributed by atoms with Crippen LogP contribution in [0.5, 0.6) is 11.5 Å². The number of benzene rings is 3. The molecule has 1 aliphatic carbocycles. The molecule has 1 aliphatic heterocycles. The Hall–Kier alpha value is -3.93. The van der Waals surface area contributed by atoms with Gasteiger partial charge in [-0.1, -0.05) is 30.3 Å². The van der Waals surface area contributed by atoms with Crippen molar-refractivity contribution in [2.24, 2.45) is 0 Å². The fourth-order valence-electron chi connectivity index (χ4n) is 5.85. The number of rotatable bonds is 11. The van der Waals surface area contributed by atoms with Crippen LogP contribution in [0.15, 0.2) is 66.7 Å². The molecule has 234 valence electrons. The van der Waals surface area contributed by atoms with E-state index < -0.39 is 15.9 Å². The number of nitrogens with one attached hydrogen (secondary N) is 1. The largest absolute Gasteiger partial charge is 0.497 e. The molecule has 0 spiro atoms. The van der Waals surface area contributed by atoms with Crippen LogP contribution in [0.3, 0.4) is 0 Å². The molecule has 0 unspecified atom stereocenters. The third-order valence-electron chi connectivity index (χ3n) is 8.38. The van der Waals surface area contributed by atoms with Crippen LogP contribution in [-0.2, 0) is 29.2 Å². The van der Waals surface area contributed by atoms with E-state index in [2.05, 4.69) is 22.3 Å². The molecular weight excluding hydrogens is 582 g/mol. The maximum Gasteiger partial charge on any atom is 0.253 e. The van der Waals surface area contributed by atoms with Gasteiger partial charge in [-0.25, -0.2) is 8.42 Å². The van der Waals surface area contributed by atoms with Crippen molar-refractivity contribution in [3.05, 3.63) is 94.5 Å². The SMILES string of the molecule is COc1ccc(CN(C[C@H](O)CNC(=O)c2ccc(C(=O)N3CCS(=O)(=O)CC3)cc2)C2Cc3ccccc3C2)c(OC)c1. The molecule has 1 saturated heterocycles. The maximum atomic E-state index is 12.9. The number of nitrogens with zero attached hydrogens (tertiary/aromatic N) is 2. The number of amides is 2. The summed E-state index contributed by atoms with van der Waals surface area (Å²) in [6.45, 7) is 1.27. The van der Waals surface area contributed by atoms with E-state index in [0.717, 1.165) is 18.4 Å². The third kappa shape index (κ3) is 7.58. The average Bonchev–Trinajstić information content (AvgIpc) is 3.48. The number of hydrogen-bond acceptors (Lipinski definition) is 8. The van der Waals surface area contributed by atoms with Crippen molar-refractivity contribution in [1.29, 1.82) is 0 Å². The van der Waals surface area contributed by atoms with Gasteiger partial charge in [0.05, 0.1) is 31.8 Å². The number of hydrogen-bond donors (Lipinski definition) is 2. The van der Waals surface area contributed by atoms with Gasteiger partial charge in [0, 0.05) is 61.5 Å². The summed E-state index contributed by atoms with van der Waals surface area (Å²) >= 11 is 0. The number of aliphatic hydroxyl groups excluding tert-OH is 1. The van der Waals surface area contributed by atoms with Crippen LogP contribution in [0.1, 0.15) is 37.4 Å². The van der Waals surface area contributed by atoms with E-state index in [9.17, 15) is 23.1 Å². The van der Waals surface area contributed by atoms with Crippen LogP contribution < -0.4 is 14.8 Å². The molecule has 1 fully saturated rings. The summed E-state index contributed by atoms with van der Waals surface area (Å²) in [7, 11) is 0.148. The van der Waals surface area contributed by atoms with Crippen molar-refractivity contribution in [1.82, 2.24) is 15.1 Å². The smallest absolute Gasteiger partial charge is 0.253 e. The van der Waals surface area contributed by atoms with Crippen LogP contribution >= 0.6 is 0 Å². The minimum Gasteiger partial charge on any atom is -0.497 e. The monoisotopic (exact) mass is 621 g/mol. The van der Waals surface area contributed by atoms with E-state index in [-0.39, 0.29) is 49.0 Å². The van der Waals surface area contributed by atoms with Gasteiger partial charge in [0.25, 0.3) is 11.8 Å². The molecule has 1 atom stereocenters. The molecule has 1 heterocycles. The average molecular weight is 622 g/mol. The first kappa shape index (κ1) is 31.5. The highest BCUT2D eigenvalue weighted by Crippen LogP contribution is 2.30. The Morgan fingerprint density at radius 1 is 0.955 bits per heavy atom. The molecule has 0 radical (unpaired) electrons. The van der Waals surface area contributed by atoms with Gasteiger partial charge in [-0.15, -0.1) is 0 Å². The van der Waals surface area contributed by atoms with Crippen molar-refractivity contribution in [2.75, 3.05) is 51.9 Å². The van der Waals surface area contributed by atoms with E-state index in [4.69, 9.17) is 9.47 Å². The van der Waals surface area contributed by atoms with E-state index in [1.807, 2.05) is 30.3 Å². The lowest BCUT2D eigenvalue weighted by Crippen LogP contribution is -2.44. The molecule has 3 aromatic carbocycles. The molecule has 10 nitrogen and oxygen atoms in total. The van der Waals surface area contributed by atoms with Crippen molar-refractivity contribution < 1.29 is 32.6 Å². The maximum absolute atomic E-state index is 12.9. The highest BCUT2D eigenvalue weighted by molar-refractivity contribution is 7.91. The highest BCUT2D eigenvalue weighted by atomic mass is 32.2. The van der Waals surface area contributed by atoms with Crippen LogP contribution in [0.4, 0.5) is 0 Å². The predicted octanol–water partition coefficient (Wildman–Crippen LogP) is 2.33. The zero-order valence-electron chi connectivity index (χ0n) is 25.1. The molecule has 2 N–H and O–H groups in total. The topological polar surface area (TPSA) is 125 Å². The summed E-state index contributed by atoms with van der Waals surface area (Å²) in [4.78, 5) is 29.4. The standard InChI is InChI=1S/C33H39N3O7S/c1-42-30-12-11-27(31(19-30)43-2)21-36(28-17-25-5-3-4-6-26(25)18-28)22-29(37)20-34-32(38)23-7-9-24(10-8-23)33(39)35-13-15-44(40,41)16-14-35/h3-12,19,28-29,37H,13-18,20-22H2,1-2H3,(H,34,38)/t29-/m1/s1. The Morgan fingerprint density at radius 3 is 2.20 bits per heavy atom. The Labute approximate surface area is 258 Å². The Kier molecular flexibility index (Phi) is 9.87. The quantitative estimate of drug-likeness (QED) is 0.334. The number of methoxy groups -OCH3 is 2. The van der Waals surface area contributed by atoms with Crippen molar-refractivity contribution in [3.63, 3.8) is 0 Å². The third-order valence-corrected chi connectivity index (χ3v) is 9.99. The fourth-order valence-corrected chi connectivity index (χ4v) is 7.05. The lowest BCUT2D eigenvalue weighted by Gasteiger charge is -2.31. The number of carbonyl (C=O) groups is 2. The summed E-state index contributed by atoms with van der Waals surface area (Å²) in [6, 6.07) is 20.5. The molecule has 2 aliphatic rings. The van der Waals surface area contributed by atoms with Gasteiger partial charge in [-0.05, 0) is 54.3 Å². The van der Waals surface area contributed by atoms with E-state index in [0.29, 0.717) is 35.7 Å². The minimum absolute atomic E-state index is 0.0414. The van der Waals surface area contributed by atoms with E-state index >= 15 is 0 Å². The molecule has 0 bridgehead atoms. The summed E-state index contributed by atoms with van der Waals surface area (Å²) < 4.78 is 34.3. The molecule has 3 aromatic rings. The van der Waals surface area contributed by atoms with Gasteiger partial charge in [0.1, 0.15) is 11.5 Å². The minimum atomic E-state index is -3.09. The molecule has 0 saturated carbocycles. The van der Waals surface area contributed by atoms with Crippen LogP contribution in [-0.4, -0.2) is 99.2 Å². The summed E-state index contributed by atoms with van der Waals surface area (Å²) in [6.07, 6.45) is 0.904. The lowest BCUT2D eigenvalue weighted by molar-refractivity contribution is 0.0746. The number of sulfone groups is 1. The molecule has 5 rings (SSSR count). The summed E-state index contributed by atoms with van der Waals surface area (Å²) in [5.41, 5.74) is 4.34. The highest BCUT2D eigenvalue weighted by Gasteiger charge is 2.29. The summed E-state index contributed by atoms with van der Waals surface area (Å²) in [5.74, 6) is 0.710. The fraction of sp³-hybridized carbons (Fsp3) is 0.394. The second-order valence-electron chi connectivity index (χ2n) is 11.3. The van der Waals surface area contributed by atoms with E-state index in [1.54, 1.807) is 38.5 Å². The van der Waals surface area contributed by atoms with Crippen molar-refractivity contribution in [3.8, 4) is 11.5 Å². The van der Waals surface area contributed by atoms with Crippen molar-refractivity contribution >= 4 is 21.7 Å². The van der Waals surface area contributed by atoms with Gasteiger partial charge in [-0.3, -0.25) is 14.5 Å². The first-order chi connectivity index (χ1) is 21.2. The predicted molar refractivity (Wildman–Crippen MR) is 167 cm³/mol. The molecule has 11 heteroatoms. The van der Waals surface area contributed by atoms with Gasteiger partial charge < -0.3 is 24.8 Å². The molecule has 2 amide bonds. The second kappa shape index (κ2) is 13.8. The number of carbonyl (C=O) groups excluding carboxylic acids is 2. The van der Waals surface area contributed by atoms with Gasteiger partial charge in [-0.2, -0.15) is 0 Å². The Morgan fingerprint density at radius 2 is 1.59 bits per heavy atom. The number of fused-ring (bicyclic) bond motifs is 1. The molecule has 0 aromatic heterocycles. The van der Waals surface area contributed by atoms with Crippen molar-refractivity contribution in [2.45, 2.75) is 31.5 Å². The first-order valence-electron chi connectivity index (χ1n) is 14.7. The first-order valence-corrected chi connectivity index (χ1v) is 16.6. The van der Waals surface area contributed by atoms with Gasteiger partial charge in [0.15, 0.2) is 9.84 Å². The normalized spacial score (nSPS) is 16.8. The molecular formula is C33H39N3O7S. The van der Waals surface area contributed by atoms with Crippen LogP contribution in [0.2, 0.25) is 0 Å². The Balaban J connectivity index is 1.20. The zero-order valence-corrected chi connectivity index (χ0v) is 25.9. The summed E-state index contributed by atoms with van der Waals surface area (Å²) in [5, 5.41) is 13.9.